The van der Waals surface area contributed by atoms with Crippen molar-refractivity contribution in [2.45, 2.75) is 44.6 Å². The van der Waals surface area contributed by atoms with Crippen molar-refractivity contribution in [3.05, 3.63) is 59.3 Å². The van der Waals surface area contributed by atoms with Gasteiger partial charge in [-0.1, -0.05) is 37.5 Å². The van der Waals surface area contributed by atoms with Crippen LogP contribution in [0.3, 0.4) is 0 Å². The zero-order valence-corrected chi connectivity index (χ0v) is 17.4. The first kappa shape index (κ1) is 19.9. The van der Waals surface area contributed by atoms with E-state index in [1.54, 1.807) is 0 Å². The van der Waals surface area contributed by atoms with E-state index < -0.39 is 0 Å². The van der Waals surface area contributed by atoms with Crippen LogP contribution in [0.25, 0.3) is 0 Å². The predicted octanol–water partition coefficient (Wildman–Crippen LogP) is 3.81. The number of carbonyl (C=O) groups excluding carboxylic acids is 1. The van der Waals surface area contributed by atoms with E-state index in [0.717, 1.165) is 43.1 Å². The van der Waals surface area contributed by atoms with Gasteiger partial charge in [-0.3, -0.25) is 4.79 Å². The largest absolute Gasteiger partial charge is 0.354 e. The number of hydrogen-bond donors (Lipinski definition) is 1. The second kappa shape index (κ2) is 9.40. The number of nitrogens with one attached hydrogen (secondary N) is 1. The van der Waals surface area contributed by atoms with Gasteiger partial charge < -0.3 is 15.1 Å². The molecule has 154 valence electrons. The van der Waals surface area contributed by atoms with E-state index in [-0.39, 0.29) is 5.91 Å². The molecule has 0 unspecified atom stereocenters. The Morgan fingerprint density at radius 1 is 1.00 bits per heavy atom. The summed E-state index contributed by atoms with van der Waals surface area (Å²) in [7, 11) is 2.15. The van der Waals surface area contributed by atoms with Gasteiger partial charge in [0.05, 0.1) is 0 Å². The van der Waals surface area contributed by atoms with E-state index in [1.807, 2.05) is 18.3 Å². The third-order valence-electron chi connectivity index (χ3n) is 6.34. The Balaban J connectivity index is 1.29. The molecule has 1 amide bonds. The molecule has 1 saturated heterocycles. The van der Waals surface area contributed by atoms with Crippen molar-refractivity contribution in [3.63, 3.8) is 0 Å². The van der Waals surface area contributed by atoms with Crippen molar-refractivity contribution >= 4 is 11.7 Å². The average Bonchev–Trinajstić information content (AvgIpc) is 2.79. The zero-order valence-electron chi connectivity index (χ0n) is 17.4. The number of amides is 1. The lowest BCUT2D eigenvalue weighted by molar-refractivity contribution is 0.0951. The molecular formula is C24H32N4O. The van der Waals surface area contributed by atoms with Crippen LogP contribution in [0.4, 0.5) is 5.82 Å². The number of carbonyl (C=O) groups is 1. The molecule has 4 rings (SSSR count). The molecule has 0 spiro atoms. The smallest absolute Gasteiger partial charge is 0.251 e. The highest BCUT2D eigenvalue weighted by Gasteiger charge is 2.17. The molecule has 0 atom stereocenters. The quantitative estimate of drug-likeness (QED) is 0.841. The number of benzene rings is 1. The van der Waals surface area contributed by atoms with Crippen molar-refractivity contribution < 1.29 is 4.79 Å². The maximum atomic E-state index is 12.5. The normalized spacial score (nSPS) is 18.6. The minimum Gasteiger partial charge on any atom is -0.354 e. The Morgan fingerprint density at radius 3 is 2.38 bits per heavy atom. The third kappa shape index (κ3) is 5.15. The van der Waals surface area contributed by atoms with Gasteiger partial charge in [-0.25, -0.2) is 4.98 Å². The van der Waals surface area contributed by atoms with Gasteiger partial charge in [0.2, 0.25) is 0 Å². The monoisotopic (exact) mass is 392 g/mol. The molecule has 5 heteroatoms. The number of nitrogens with zero attached hydrogens (tertiary/aromatic N) is 3. The summed E-state index contributed by atoms with van der Waals surface area (Å²) in [6, 6.07) is 12.3. The maximum Gasteiger partial charge on any atom is 0.251 e. The summed E-state index contributed by atoms with van der Waals surface area (Å²) in [5.74, 6) is 1.67. The van der Waals surface area contributed by atoms with E-state index in [9.17, 15) is 4.79 Å². The highest BCUT2D eigenvalue weighted by molar-refractivity contribution is 5.94. The lowest BCUT2D eigenvalue weighted by atomic mass is 9.84. The molecule has 1 aliphatic heterocycles. The molecule has 0 radical (unpaired) electrons. The SMILES string of the molecule is CN1CCN(c2ccc(CNC(=O)c3ccc(C4CCCCC4)cc3)cn2)CC1. The minimum atomic E-state index is -0.0247. The Kier molecular flexibility index (Phi) is 6.45. The van der Waals surface area contributed by atoms with Crippen molar-refractivity contribution in [1.82, 2.24) is 15.2 Å². The van der Waals surface area contributed by atoms with E-state index in [1.165, 1.54) is 37.7 Å². The summed E-state index contributed by atoms with van der Waals surface area (Å²) in [4.78, 5) is 21.8. The van der Waals surface area contributed by atoms with Crippen molar-refractivity contribution in [2.24, 2.45) is 0 Å². The second-order valence-corrected chi connectivity index (χ2v) is 8.45. The molecule has 1 aromatic carbocycles. The fraction of sp³-hybridized carbons (Fsp3) is 0.500. The minimum absolute atomic E-state index is 0.0247. The van der Waals surface area contributed by atoms with Crippen LogP contribution in [0.15, 0.2) is 42.6 Å². The van der Waals surface area contributed by atoms with Gasteiger partial charge in [-0.2, -0.15) is 0 Å². The van der Waals surface area contributed by atoms with Gasteiger partial charge in [-0.05, 0) is 55.1 Å². The second-order valence-electron chi connectivity index (χ2n) is 8.45. The Morgan fingerprint density at radius 2 is 1.72 bits per heavy atom. The molecule has 0 bridgehead atoms. The number of pyridine rings is 1. The molecule has 1 aliphatic carbocycles. The fourth-order valence-corrected chi connectivity index (χ4v) is 4.37. The average molecular weight is 393 g/mol. The standard InChI is InChI=1S/C24H32N4O/c1-27-13-15-28(16-14-27)23-12-7-19(17-25-23)18-26-24(29)22-10-8-21(9-11-22)20-5-3-2-4-6-20/h7-12,17,20H,2-6,13-16,18H2,1H3,(H,26,29). The van der Waals surface area contributed by atoms with Crippen LogP contribution in [-0.2, 0) is 6.54 Å². The van der Waals surface area contributed by atoms with Crippen molar-refractivity contribution in [2.75, 3.05) is 38.1 Å². The van der Waals surface area contributed by atoms with Crippen molar-refractivity contribution in [1.29, 1.82) is 0 Å². The molecule has 5 nitrogen and oxygen atoms in total. The Bertz CT molecular complexity index is 789. The first-order chi connectivity index (χ1) is 14.2. The highest BCUT2D eigenvalue weighted by atomic mass is 16.1. The maximum absolute atomic E-state index is 12.5. The summed E-state index contributed by atoms with van der Waals surface area (Å²) < 4.78 is 0. The van der Waals surface area contributed by atoms with Gasteiger partial charge in [0, 0.05) is 44.5 Å². The molecule has 2 fully saturated rings. The molecule has 29 heavy (non-hydrogen) atoms. The van der Waals surface area contributed by atoms with Crippen molar-refractivity contribution in [3.8, 4) is 0 Å². The molecule has 2 aromatic rings. The Hall–Kier alpha value is -2.40. The van der Waals surface area contributed by atoms with Crippen LogP contribution < -0.4 is 10.2 Å². The van der Waals surface area contributed by atoms with Crippen LogP contribution in [0.2, 0.25) is 0 Å². The van der Waals surface area contributed by atoms with Crippen LogP contribution in [0, 0.1) is 0 Å². The van der Waals surface area contributed by atoms with Gasteiger partial charge in [0.1, 0.15) is 5.82 Å². The van der Waals surface area contributed by atoms with Gasteiger partial charge in [0.15, 0.2) is 0 Å². The Labute approximate surface area is 174 Å². The molecule has 1 saturated carbocycles. The lowest BCUT2D eigenvalue weighted by Crippen LogP contribution is -2.44. The molecule has 1 N–H and O–H groups in total. The van der Waals surface area contributed by atoms with E-state index in [2.05, 4.69) is 51.4 Å². The van der Waals surface area contributed by atoms with Crippen LogP contribution in [-0.4, -0.2) is 49.0 Å². The van der Waals surface area contributed by atoms with Crippen LogP contribution in [0.5, 0.6) is 0 Å². The van der Waals surface area contributed by atoms with E-state index in [4.69, 9.17) is 0 Å². The molecule has 2 aliphatic rings. The molecule has 2 heterocycles. The lowest BCUT2D eigenvalue weighted by Gasteiger charge is -2.33. The summed E-state index contributed by atoms with van der Waals surface area (Å²) in [6.45, 7) is 4.66. The van der Waals surface area contributed by atoms with Gasteiger partial charge in [0.25, 0.3) is 5.91 Å². The topological polar surface area (TPSA) is 48.5 Å². The number of anilines is 1. The predicted molar refractivity (Wildman–Crippen MR) is 117 cm³/mol. The van der Waals surface area contributed by atoms with Crippen LogP contribution >= 0.6 is 0 Å². The third-order valence-corrected chi connectivity index (χ3v) is 6.34. The number of aromatic nitrogens is 1. The van der Waals surface area contributed by atoms with Gasteiger partial charge >= 0.3 is 0 Å². The zero-order chi connectivity index (χ0) is 20.1. The summed E-state index contributed by atoms with van der Waals surface area (Å²) in [5, 5.41) is 3.02. The summed E-state index contributed by atoms with van der Waals surface area (Å²) in [6.07, 6.45) is 8.46. The molecule has 1 aromatic heterocycles. The molecular weight excluding hydrogens is 360 g/mol. The summed E-state index contributed by atoms with van der Waals surface area (Å²) >= 11 is 0. The number of rotatable bonds is 5. The fourth-order valence-electron chi connectivity index (χ4n) is 4.37. The first-order valence-corrected chi connectivity index (χ1v) is 11.0. The number of likely N-dealkylation sites (N-methyl/N-ethyl adjacent to an activating group) is 1. The van der Waals surface area contributed by atoms with Gasteiger partial charge in [-0.15, -0.1) is 0 Å². The van der Waals surface area contributed by atoms with E-state index in [0.29, 0.717) is 12.5 Å². The summed E-state index contributed by atoms with van der Waals surface area (Å²) in [5.41, 5.74) is 3.13. The van der Waals surface area contributed by atoms with E-state index >= 15 is 0 Å². The number of piperazine rings is 1. The van der Waals surface area contributed by atoms with Crippen LogP contribution in [0.1, 0.15) is 59.5 Å². The first-order valence-electron chi connectivity index (χ1n) is 11.0. The highest BCUT2D eigenvalue weighted by Crippen LogP contribution is 2.32. The number of hydrogen-bond acceptors (Lipinski definition) is 4.